The van der Waals surface area contributed by atoms with Crippen molar-refractivity contribution < 1.29 is 13.6 Å². The Balaban J connectivity index is 2.66. The van der Waals surface area contributed by atoms with E-state index in [-0.39, 0.29) is 5.75 Å². The van der Waals surface area contributed by atoms with Gasteiger partial charge in [0.1, 0.15) is 0 Å². The first kappa shape index (κ1) is 11.5. The first-order valence-electron chi connectivity index (χ1n) is 4.69. The largest absolute Gasteiger partial charge is 0.352 e. The van der Waals surface area contributed by atoms with Gasteiger partial charge in [0.25, 0.3) is 0 Å². The van der Waals surface area contributed by atoms with Crippen LogP contribution in [0, 0.1) is 0 Å². The summed E-state index contributed by atoms with van der Waals surface area (Å²) in [4.78, 5) is 10.8. The van der Waals surface area contributed by atoms with Crippen molar-refractivity contribution in [3.05, 3.63) is 0 Å². The van der Waals surface area contributed by atoms with Gasteiger partial charge in [0, 0.05) is 0 Å². The van der Waals surface area contributed by atoms with Gasteiger partial charge in [-0.3, -0.25) is 0 Å². The molecule has 0 heterocycles. The third-order valence-corrected chi connectivity index (χ3v) is 3.40. The van der Waals surface area contributed by atoms with Gasteiger partial charge in [-0.2, -0.15) is 0 Å². The predicted octanol–water partition coefficient (Wildman–Crippen LogP) is 0.579. The van der Waals surface area contributed by atoms with E-state index in [9.17, 15) is 9.00 Å². The lowest BCUT2D eigenvalue weighted by Gasteiger charge is -2.36. The lowest BCUT2D eigenvalue weighted by atomic mass is 9.83. The number of nitrogens with one attached hydrogen (secondary N) is 1. The summed E-state index contributed by atoms with van der Waals surface area (Å²) >= 11 is -1.89. The molecule has 0 aliphatic heterocycles. The van der Waals surface area contributed by atoms with E-state index in [0.29, 0.717) is 0 Å². The van der Waals surface area contributed by atoms with E-state index in [1.807, 2.05) is 0 Å². The molecule has 1 aliphatic carbocycles. The van der Waals surface area contributed by atoms with Gasteiger partial charge in [0.15, 0.2) is 11.1 Å². The molecule has 1 aliphatic rings. The number of amides is 2. The highest BCUT2D eigenvalue weighted by atomic mass is 32.2. The number of primary amides is 1. The van der Waals surface area contributed by atoms with Gasteiger partial charge in [0.05, 0.1) is 11.3 Å². The Morgan fingerprint density at radius 1 is 1.43 bits per heavy atom. The van der Waals surface area contributed by atoms with Gasteiger partial charge >= 0.3 is 6.03 Å². The van der Waals surface area contributed by atoms with E-state index >= 15 is 0 Å². The molecular weight excluding hydrogens is 204 g/mol. The van der Waals surface area contributed by atoms with Gasteiger partial charge in [0.2, 0.25) is 0 Å². The van der Waals surface area contributed by atoms with Gasteiger partial charge in [-0.15, -0.1) is 0 Å². The second kappa shape index (κ2) is 4.75. The number of nitrogens with two attached hydrogens (primary N) is 1. The highest BCUT2D eigenvalue weighted by Crippen LogP contribution is 2.28. The molecule has 0 aromatic rings. The van der Waals surface area contributed by atoms with Crippen LogP contribution in [-0.2, 0) is 11.1 Å². The molecule has 0 aromatic carbocycles. The first-order chi connectivity index (χ1) is 6.54. The molecule has 1 atom stereocenters. The van der Waals surface area contributed by atoms with E-state index in [1.165, 1.54) is 0 Å². The Kier molecular flexibility index (Phi) is 3.88. The minimum atomic E-state index is -1.89. The van der Waals surface area contributed by atoms with Crippen LogP contribution < -0.4 is 11.1 Å². The van der Waals surface area contributed by atoms with Crippen LogP contribution in [0.15, 0.2) is 0 Å². The maximum Gasteiger partial charge on any atom is 0.312 e. The number of carbonyl (C=O) groups is 1. The maximum absolute atomic E-state index is 10.8. The fourth-order valence-electron chi connectivity index (χ4n) is 2.03. The number of hydrogen-bond acceptors (Lipinski definition) is 2. The summed E-state index contributed by atoms with van der Waals surface area (Å²) in [5.74, 6) is 0.0793. The second-order valence-electron chi connectivity index (χ2n) is 3.80. The van der Waals surface area contributed by atoms with E-state index in [4.69, 9.17) is 10.3 Å². The number of urea groups is 1. The molecule has 0 radical (unpaired) electrons. The lowest BCUT2D eigenvalue weighted by Crippen LogP contribution is -2.55. The fraction of sp³-hybridized carbons (Fsp3) is 0.875. The molecule has 6 heteroatoms. The van der Waals surface area contributed by atoms with Crippen molar-refractivity contribution in [1.82, 2.24) is 5.32 Å². The van der Waals surface area contributed by atoms with Crippen molar-refractivity contribution in [2.45, 2.75) is 37.6 Å². The molecule has 1 fully saturated rings. The third kappa shape index (κ3) is 3.26. The predicted molar refractivity (Wildman–Crippen MR) is 54.2 cm³/mol. The zero-order chi connectivity index (χ0) is 10.6. The quantitative estimate of drug-likeness (QED) is 0.607. The molecule has 0 saturated heterocycles. The average molecular weight is 220 g/mol. The van der Waals surface area contributed by atoms with Gasteiger partial charge < -0.3 is 15.6 Å². The summed E-state index contributed by atoms with van der Waals surface area (Å²) < 4.78 is 19.6. The minimum Gasteiger partial charge on any atom is -0.352 e. The molecule has 82 valence electrons. The van der Waals surface area contributed by atoms with Crippen molar-refractivity contribution in [2.75, 3.05) is 5.75 Å². The van der Waals surface area contributed by atoms with Crippen molar-refractivity contribution in [2.24, 2.45) is 5.73 Å². The topological polar surface area (TPSA) is 92.4 Å². The van der Waals surface area contributed by atoms with Crippen LogP contribution in [0.1, 0.15) is 32.1 Å². The monoisotopic (exact) mass is 220 g/mol. The zero-order valence-corrected chi connectivity index (χ0v) is 8.81. The highest BCUT2D eigenvalue weighted by Gasteiger charge is 2.34. The fourth-order valence-corrected chi connectivity index (χ4v) is 2.87. The molecule has 0 bridgehead atoms. The summed E-state index contributed by atoms with van der Waals surface area (Å²) in [7, 11) is 0. The van der Waals surface area contributed by atoms with E-state index in [1.54, 1.807) is 0 Å². The van der Waals surface area contributed by atoms with Crippen LogP contribution in [-0.4, -0.2) is 26.1 Å². The van der Waals surface area contributed by atoms with Gasteiger partial charge in [-0.25, -0.2) is 9.00 Å². The Labute approximate surface area is 85.7 Å². The molecular formula is C8H16N2O3S. The second-order valence-corrected chi connectivity index (χ2v) is 4.73. The summed E-state index contributed by atoms with van der Waals surface area (Å²) in [6.07, 6.45) is 4.53. The molecule has 0 aromatic heterocycles. The van der Waals surface area contributed by atoms with Crippen molar-refractivity contribution in [3.63, 3.8) is 0 Å². The SMILES string of the molecule is NC(=O)NC1(CS(=O)O)CCCCC1. The molecule has 2 amide bonds. The molecule has 1 unspecified atom stereocenters. The van der Waals surface area contributed by atoms with Crippen LogP contribution in [0.2, 0.25) is 0 Å². The Hall–Kier alpha value is -0.620. The minimum absolute atomic E-state index is 0.0793. The first-order valence-corrected chi connectivity index (χ1v) is 5.97. The van der Waals surface area contributed by atoms with Crippen molar-refractivity contribution in [1.29, 1.82) is 0 Å². The van der Waals surface area contributed by atoms with Gasteiger partial charge in [-0.05, 0) is 12.8 Å². The van der Waals surface area contributed by atoms with Crippen LogP contribution in [0.4, 0.5) is 4.79 Å². The summed E-state index contributed by atoms with van der Waals surface area (Å²) in [6.45, 7) is 0. The van der Waals surface area contributed by atoms with E-state index in [0.717, 1.165) is 32.1 Å². The molecule has 4 N–H and O–H groups in total. The number of carbonyl (C=O) groups excluding carboxylic acids is 1. The van der Waals surface area contributed by atoms with E-state index in [2.05, 4.69) is 5.32 Å². The molecule has 14 heavy (non-hydrogen) atoms. The van der Waals surface area contributed by atoms with Crippen LogP contribution in [0.3, 0.4) is 0 Å². The highest BCUT2D eigenvalue weighted by molar-refractivity contribution is 7.79. The standard InChI is InChI=1S/C8H16N2O3S/c9-7(11)10-8(6-14(12)13)4-2-1-3-5-8/h1-6H2,(H,12,13)(H3,9,10,11). The number of rotatable bonds is 3. The normalized spacial score (nSPS) is 22.6. The Bertz CT molecular complexity index is 221. The zero-order valence-electron chi connectivity index (χ0n) is 7.99. The number of hydrogen-bond donors (Lipinski definition) is 3. The smallest absolute Gasteiger partial charge is 0.312 e. The summed E-state index contributed by atoms with van der Waals surface area (Å²) in [6, 6.07) is -0.614. The molecule has 1 saturated carbocycles. The van der Waals surface area contributed by atoms with Crippen molar-refractivity contribution in [3.8, 4) is 0 Å². The van der Waals surface area contributed by atoms with E-state index < -0.39 is 22.7 Å². The average Bonchev–Trinajstić information content (AvgIpc) is 2.01. The third-order valence-electron chi connectivity index (χ3n) is 2.60. The summed E-state index contributed by atoms with van der Waals surface area (Å²) in [5.41, 5.74) is 4.50. The maximum atomic E-state index is 10.8. The molecule has 1 rings (SSSR count). The Morgan fingerprint density at radius 3 is 2.43 bits per heavy atom. The van der Waals surface area contributed by atoms with Crippen molar-refractivity contribution >= 4 is 17.1 Å². The van der Waals surface area contributed by atoms with Crippen LogP contribution >= 0.6 is 0 Å². The molecule has 5 nitrogen and oxygen atoms in total. The molecule has 0 spiro atoms. The van der Waals surface area contributed by atoms with Crippen LogP contribution in [0.25, 0.3) is 0 Å². The van der Waals surface area contributed by atoms with Crippen LogP contribution in [0.5, 0.6) is 0 Å². The Morgan fingerprint density at radius 2 is 2.00 bits per heavy atom. The summed E-state index contributed by atoms with van der Waals surface area (Å²) in [5, 5.41) is 2.61. The lowest BCUT2D eigenvalue weighted by molar-refractivity contribution is 0.219. The van der Waals surface area contributed by atoms with Gasteiger partial charge in [-0.1, -0.05) is 19.3 Å².